The van der Waals surface area contributed by atoms with Gasteiger partial charge in [0.1, 0.15) is 0 Å². The zero-order valence-electron chi connectivity index (χ0n) is 7.59. The lowest BCUT2D eigenvalue weighted by Gasteiger charge is -2.13. The summed E-state index contributed by atoms with van der Waals surface area (Å²) in [7, 11) is 0. The van der Waals surface area contributed by atoms with Gasteiger partial charge in [-0.3, -0.25) is 0 Å². The van der Waals surface area contributed by atoms with Crippen molar-refractivity contribution in [1.82, 2.24) is 0 Å². The van der Waals surface area contributed by atoms with E-state index in [0.29, 0.717) is 0 Å². The number of thioether (sulfide) groups is 1. The van der Waals surface area contributed by atoms with Gasteiger partial charge in [0.15, 0.2) is 11.6 Å². The monoisotopic (exact) mass is 215 g/mol. The second-order valence-corrected chi connectivity index (χ2v) is 4.46. The Morgan fingerprint density at radius 3 is 2.93 bits per heavy atom. The highest BCUT2D eigenvalue weighted by atomic mass is 32.2. The summed E-state index contributed by atoms with van der Waals surface area (Å²) >= 11 is 1.83. The number of rotatable bonds is 2. The van der Waals surface area contributed by atoms with Gasteiger partial charge in [-0.1, -0.05) is 6.07 Å². The van der Waals surface area contributed by atoms with Crippen molar-refractivity contribution in [1.29, 1.82) is 0 Å². The standard InChI is InChI=1S/C10H11F2NS/c11-8-2-1-3-9(10(8)12)13-7-4-5-14-6-7/h1-3,7,13H,4-6H2. The van der Waals surface area contributed by atoms with E-state index < -0.39 is 11.6 Å². The first-order chi connectivity index (χ1) is 6.77. The van der Waals surface area contributed by atoms with Gasteiger partial charge in [0.05, 0.1) is 5.69 Å². The molecule has 4 heteroatoms. The Morgan fingerprint density at radius 2 is 2.21 bits per heavy atom. The second kappa shape index (κ2) is 4.17. The number of benzene rings is 1. The molecule has 1 saturated heterocycles. The van der Waals surface area contributed by atoms with Crippen molar-refractivity contribution in [3.63, 3.8) is 0 Å². The highest BCUT2D eigenvalue weighted by Gasteiger charge is 2.17. The number of nitrogens with one attached hydrogen (secondary N) is 1. The molecule has 1 heterocycles. The topological polar surface area (TPSA) is 12.0 Å². The predicted molar refractivity (Wildman–Crippen MR) is 55.7 cm³/mol. The molecule has 1 aromatic rings. The Labute approximate surface area is 85.9 Å². The largest absolute Gasteiger partial charge is 0.379 e. The van der Waals surface area contributed by atoms with Crippen LogP contribution in [0.3, 0.4) is 0 Å². The lowest BCUT2D eigenvalue weighted by Crippen LogP contribution is -2.19. The van der Waals surface area contributed by atoms with E-state index in [9.17, 15) is 8.78 Å². The molecule has 1 aromatic carbocycles. The number of hydrogen-bond donors (Lipinski definition) is 1. The first-order valence-corrected chi connectivity index (χ1v) is 5.71. The van der Waals surface area contributed by atoms with Gasteiger partial charge in [0.25, 0.3) is 0 Å². The fourth-order valence-corrected chi connectivity index (χ4v) is 2.64. The van der Waals surface area contributed by atoms with E-state index in [1.807, 2.05) is 11.8 Å². The Balaban J connectivity index is 2.11. The summed E-state index contributed by atoms with van der Waals surface area (Å²) in [6, 6.07) is 4.49. The van der Waals surface area contributed by atoms with E-state index in [2.05, 4.69) is 5.32 Å². The van der Waals surface area contributed by atoms with Crippen molar-refractivity contribution in [3.8, 4) is 0 Å². The van der Waals surface area contributed by atoms with Crippen molar-refractivity contribution < 1.29 is 8.78 Å². The lowest BCUT2D eigenvalue weighted by atomic mass is 10.2. The van der Waals surface area contributed by atoms with Crippen molar-refractivity contribution in [3.05, 3.63) is 29.8 Å². The Morgan fingerprint density at radius 1 is 1.36 bits per heavy atom. The van der Waals surface area contributed by atoms with Gasteiger partial charge in [0.2, 0.25) is 0 Å². The minimum absolute atomic E-state index is 0.274. The number of halogens is 2. The maximum atomic E-state index is 13.2. The maximum absolute atomic E-state index is 13.2. The fraction of sp³-hybridized carbons (Fsp3) is 0.400. The van der Waals surface area contributed by atoms with Crippen LogP contribution in [-0.4, -0.2) is 17.5 Å². The molecule has 0 aliphatic carbocycles. The van der Waals surface area contributed by atoms with Crippen LogP contribution in [0.1, 0.15) is 6.42 Å². The van der Waals surface area contributed by atoms with Gasteiger partial charge in [-0.15, -0.1) is 0 Å². The van der Waals surface area contributed by atoms with Crippen molar-refractivity contribution in [2.75, 3.05) is 16.8 Å². The molecule has 76 valence electrons. The van der Waals surface area contributed by atoms with Crippen molar-refractivity contribution >= 4 is 17.4 Å². The molecule has 0 saturated carbocycles. The number of anilines is 1. The summed E-state index contributed by atoms with van der Waals surface area (Å²) in [6.45, 7) is 0. The molecule has 2 rings (SSSR count). The van der Waals surface area contributed by atoms with E-state index >= 15 is 0 Å². The van der Waals surface area contributed by atoms with Gasteiger partial charge < -0.3 is 5.32 Å². The molecular weight excluding hydrogens is 204 g/mol. The van der Waals surface area contributed by atoms with E-state index in [0.717, 1.165) is 24.0 Å². The van der Waals surface area contributed by atoms with Crippen molar-refractivity contribution in [2.24, 2.45) is 0 Å². The molecule has 0 radical (unpaired) electrons. The van der Waals surface area contributed by atoms with E-state index in [4.69, 9.17) is 0 Å². The zero-order chi connectivity index (χ0) is 9.97. The summed E-state index contributed by atoms with van der Waals surface area (Å²) in [5.74, 6) is 0.495. The quantitative estimate of drug-likeness (QED) is 0.814. The van der Waals surface area contributed by atoms with Gasteiger partial charge in [-0.25, -0.2) is 8.78 Å². The van der Waals surface area contributed by atoms with E-state index in [1.165, 1.54) is 6.07 Å². The van der Waals surface area contributed by atoms with Crippen LogP contribution in [0.5, 0.6) is 0 Å². The number of hydrogen-bond acceptors (Lipinski definition) is 2. The first kappa shape index (κ1) is 9.77. The average Bonchev–Trinajstić information content (AvgIpc) is 2.66. The van der Waals surface area contributed by atoms with Crippen LogP contribution in [-0.2, 0) is 0 Å². The van der Waals surface area contributed by atoms with Crippen LogP contribution in [0.25, 0.3) is 0 Å². The van der Waals surface area contributed by atoms with Crippen LogP contribution >= 0.6 is 11.8 Å². The molecule has 1 aliphatic heterocycles. The SMILES string of the molecule is Fc1cccc(NC2CCSC2)c1F. The smallest absolute Gasteiger partial charge is 0.181 e. The second-order valence-electron chi connectivity index (χ2n) is 3.31. The lowest BCUT2D eigenvalue weighted by molar-refractivity contribution is 0.510. The third kappa shape index (κ3) is 2.00. The van der Waals surface area contributed by atoms with E-state index in [-0.39, 0.29) is 11.7 Å². The molecule has 1 unspecified atom stereocenters. The highest BCUT2D eigenvalue weighted by Crippen LogP contribution is 2.23. The van der Waals surface area contributed by atoms with Crippen LogP contribution in [0.4, 0.5) is 14.5 Å². The molecule has 0 bridgehead atoms. The normalized spacial score (nSPS) is 21.1. The van der Waals surface area contributed by atoms with E-state index in [1.54, 1.807) is 6.07 Å². The maximum Gasteiger partial charge on any atom is 0.181 e. The molecule has 0 spiro atoms. The van der Waals surface area contributed by atoms with Crippen LogP contribution in [0.2, 0.25) is 0 Å². The highest BCUT2D eigenvalue weighted by molar-refractivity contribution is 7.99. The zero-order valence-corrected chi connectivity index (χ0v) is 8.41. The molecule has 1 nitrogen and oxygen atoms in total. The average molecular weight is 215 g/mol. The third-order valence-corrected chi connectivity index (χ3v) is 3.40. The summed E-state index contributed by atoms with van der Waals surface area (Å²) in [6.07, 6.45) is 1.01. The summed E-state index contributed by atoms with van der Waals surface area (Å²) in [5.41, 5.74) is 0.275. The molecule has 14 heavy (non-hydrogen) atoms. The molecule has 1 atom stereocenters. The van der Waals surface area contributed by atoms with Gasteiger partial charge in [-0.05, 0) is 24.3 Å². The summed E-state index contributed by atoms with van der Waals surface area (Å²) < 4.78 is 26.0. The van der Waals surface area contributed by atoms with Crippen LogP contribution in [0.15, 0.2) is 18.2 Å². The molecule has 1 N–H and O–H groups in total. The van der Waals surface area contributed by atoms with Gasteiger partial charge in [0, 0.05) is 11.8 Å². The Hall–Kier alpha value is -0.770. The van der Waals surface area contributed by atoms with Crippen LogP contribution in [0, 0.1) is 11.6 Å². The molecule has 0 aromatic heterocycles. The molecular formula is C10H11F2NS. The molecule has 1 aliphatic rings. The first-order valence-electron chi connectivity index (χ1n) is 4.55. The summed E-state index contributed by atoms with van der Waals surface area (Å²) in [5, 5.41) is 3.01. The molecule has 1 fully saturated rings. The van der Waals surface area contributed by atoms with Crippen LogP contribution < -0.4 is 5.32 Å². The van der Waals surface area contributed by atoms with Gasteiger partial charge in [-0.2, -0.15) is 11.8 Å². The minimum atomic E-state index is -0.791. The Bertz CT molecular complexity index is 324. The minimum Gasteiger partial charge on any atom is -0.379 e. The fourth-order valence-electron chi connectivity index (χ4n) is 1.48. The molecule has 0 amide bonds. The Kier molecular flexibility index (Phi) is 2.91. The summed E-state index contributed by atoms with van der Waals surface area (Å²) in [4.78, 5) is 0. The predicted octanol–water partition coefficient (Wildman–Crippen LogP) is 2.88. The third-order valence-electron chi connectivity index (χ3n) is 2.24. The van der Waals surface area contributed by atoms with Gasteiger partial charge >= 0.3 is 0 Å². The van der Waals surface area contributed by atoms with Crippen molar-refractivity contribution in [2.45, 2.75) is 12.5 Å².